The van der Waals surface area contributed by atoms with E-state index in [-0.39, 0.29) is 0 Å². The summed E-state index contributed by atoms with van der Waals surface area (Å²) >= 11 is 0. The fraction of sp³-hybridized carbons (Fsp3) is 0.333. The number of benzene rings is 1. The number of fused-ring (bicyclic) bond motifs is 1. The Morgan fingerprint density at radius 3 is 2.50 bits per heavy atom. The first-order valence-electron chi connectivity index (χ1n) is 8.07. The molecule has 3 rings (SSSR count). The van der Waals surface area contributed by atoms with Crippen LogP contribution in [0, 0.1) is 0 Å². The SMILES string of the molecule is COCCCNc1c(NCCc2c[nH]c3ccccc23)c(=O)c1=O. The summed E-state index contributed by atoms with van der Waals surface area (Å²) in [6.45, 7) is 1.82. The third-order valence-corrected chi connectivity index (χ3v) is 4.11. The van der Waals surface area contributed by atoms with Crippen LogP contribution in [0.2, 0.25) is 0 Å². The first kappa shape index (κ1) is 16.3. The number of anilines is 2. The topological polar surface area (TPSA) is 83.2 Å². The second-order valence-electron chi connectivity index (χ2n) is 5.72. The van der Waals surface area contributed by atoms with Crippen LogP contribution < -0.4 is 21.5 Å². The molecular formula is C18H21N3O3. The molecule has 6 nitrogen and oxygen atoms in total. The van der Waals surface area contributed by atoms with Gasteiger partial charge < -0.3 is 20.4 Å². The fourth-order valence-corrected chi connectivity index (χ4v) is 2.82. The molecule has 0 bridgehead atoms. The molecule has 0 spiro atoms. The zero-order valence-electron chi connectivity index (χ0n) is 13.6. The Hall–Kier alpha value is -2.60. The fourth-order valence-electron chi connectivity index (χ4n) is 2.82. The van der Waals surface area contributed by atoms with Gasteiger partial charge in [-0.25, -0.2) is 0 Å². The highest BCUT2D eigenvalue weighted by atomic mass is 16.5. The lowest BCUT2D eigenvalue weighted by Gasteiger charge is -2.14. The van der Waals surface area contributed by atoms with Gasteiger partial charge in [0.05, 0.1) is 0 Å². The summed E-state index contributed by atoms with van der Waals surface area (Å²) in [7, 11) is 1.63. The Bertz CT molecular complexity index is 891. The molecule has 6 heteroatoms. The van der Waals surface area contributed by atoms with Crippen LogP contribution in [-0.4, -0.2) is 31.8 Å². The van der Waals surface area contributed by atoms with Gasteiger partial charge in [-0.2, -0.15) is 0 Å². The molecule has 24 heavy (non-hydrogen) atoms. The van der Waals surface area contributed by atoms with Crippen LogP contribution in [0.5, 0.6) is 0 Å². The Morgan fingerprint density at radius 1 is 1.04 bits per heavy atom. The molecule has 0 aliphatic rings. The van der Waals surface area contributed by atoms with E-state index in [1.54, 1.807) is 7.11 Å². The van der Waals surface area contributed by atoms with Crippen LogP contribution in [0.15, 0.2) is 40.1 Å². The summed E-state index contributed by atoms with van der Waals surface area (Å²) in [5, 5.41) is 7.30. The van der Waals surface area contributed by atoms with Crippen molar-refractivity contribution in [3.63, 3.8) is 0 Å². The highest BCUT2D eigenvalue weighted by Crippen LogP contribution is 2.19. The first-order valence-corrected chi connectivity index (χ1v) is 8.07. The van der Waals surface area contributed by atoms with E-state index < -0.39 is 10.9 Å². The van der Waals surface area contributed by atoms with Gasteiger partial charge in [0.25, 0.3) is 10.9 Å². The second-order valence-corrected chi connectivity index (χ2v) is 5.72. The van der Waals surface area contributed by atoms with Crippen LogP contribution in [-0.2, 0) is 11.2 Å². The number of para-hydroxylation sites is 1. The van der Waals surface area contributed by atoms with E-state index in [2.05, 4.69) is 21.7 Å². The lowest BCUT2D eigenvalue weighted by molar-refractivity contribution is 0.198. The molecule has 0 aliphatic heterocycles. The summed E-state index contributed by atoms with van der Waals surface area (Å²) in [5.74, 6) is 0. The molecule has 0 saturated heterocycles. The molecule has 0 fully saturated rings. The predicted octanol–water partition coefficient (Wildman–Crippen LogP) is 1.87. The van der Waals surface area contributed by atoms with Gasteiger partial charge in [-0.15, -0.1) is 0 Å². The molecule has 3 N–H and O–H groups in total. The van der Waals surface area contributed by atoms with E-state index in [4.69, 9.17) is 4.74 Å². The van der Waals surface area contributed by atoms with Crippen LogP contribution in [0.25, 0.3) is 10.9 Å². The number of ether oxygens (including phenoxy) is 1. The number of nitrogens with one attached hydrogen (secondary N) is 3. The molecular weight excluding hydrogens is 306 g/mol. The maximum Gasteiger partial charge on any atom is 0.253 e. The van der Waals surface area contributed by atoms with E-state index in [1.165, 1.54) is 10.9 Å². The molecule has 0 saturated carbocycles. The van der Waals surface area contributed by atoms with E-state index in [1.807, 2.05) is 24.4 Å². The number of hydrogen-bond acceptors (Lipinski definition) is 5. The smallest absolute Gasteiger partial charge is 0.253 e. The number of rotatable bonds is 9. The molecule has 0 aliphatic carbocycles. The van der Waals surface area contributed by atoms with Gasteiger partial charge >= 0.3 is 0 Å². The van der Waals surface area contributed by atoms with Crippen molar-refractivity contribution in [1.29, 1.82) is 0 Å². The van der Waals surface area contributed by atoms with Gasteiger partial charge in [0, 0.05) is 43.9 Å². The van der Waals surface area contributed by atoms with E-state index in [0.717, 1.165) is 18.4 Å². The average molecular weight is 327 g/mol. The minimum atomic E-state index is -0.443. The zero-order valence-corrected chi connectivity index (χ0v) is 13.6. The Labute approximate surface area is 139 Å². The van der Waals surface area contributed by atoms with E-state index in [0.29, 0.717) is 31.1 Å². The van der Waals surface area contributed by atoms with Crippen molar-refractivity contribution >= 4 is 22.3 Å². The standard InChI is InChI=1S/C18H21N3O3/c1-24-10-4-8-19-15-16(18(23)17(15)22)20-9-7-12-11-21-14-6-3-2-5-13(12)14/h2-3,5-6,11,19-21H,4,7-10H2,1H3. The molecule has 0 radical (unpaired) electrons. The molecule has 0 atom stereocenters. The summed E-state index contributed by atoms with van der Waals surface area (Å²) in [4.78, 5) is 26.6. The molecule has 2 aromatic carbocycles. The van der Waals surface area contributed by atoms with Crippen molar-refractivity contribution in [2.24, 2.45) is 0 Å². The largest absolute Gasteiger partial charge is 0.385 e. The maximum absolute atomic E-state index is 11.7. The minimum Gasteiger partial charge on any atom is -0.385 e. The Balaban J connectivity index is 1.58. The number of aromatic nitrogens is 1. The lowest BCUT2D eigenvalue weighted by Crippen LogP contribution is -2.38. The van der Waals surface area contributed by atoms with Gasteiger partial charge in [-0.1, -0.05) is 18.2 Å². The van der Waals surface area contributed by atoms with Crippen molar-refractivity contribution in [3.05, 3.63) is 56.5 Å². The predicted molar refractivity (Wildman–Crippen MR) is 96.8 cm³/mol. The van der Waals surface area contributed by atoms with Crippen molar-refractivity contribution < 1.29 is 4.74 Å². The molecule has 0 amide bonds. The van der Waals surface area contributed by atoms with Gasteiger partial charge in [0.1, 0.15) is 11.4 Å². The molecule has 126 valence electrons. The number of aromatic amines is 1. The van der Waals surface area contributed by atoms with Gasteiger partial charge in [-0.05, 0) is 24.5 Å². The Morgan fingerprint density at radius 2 is 1.75 bits per heavy atom. The van der Waals surface area contributed by atoms with Crippen LogP contribution in [0.3, 0.4) is 0 Å². The van der Waals surface area contributed by atoms with Crippen LogP contribution in [0.4, 0.5) is 11.4 Å². The van der Waals surface area contributed by atoms with Crippen LogP contribution >= 0.6 is 0 Å². The Kier molecular flexibility index (Phi) is 4.96. The third kappa shape index (κ3) is 3.19. The highest BCUT2D eigenvalue weighted by Gasteiger charge is 2.19. The third-order valence-electron chi connectivity index (χ3n) is 4.11. The normalized spacial score (nSPS) is 11.2. The molecule has 0 unspecified atom stereocenters. The number of H-pyrrole nitrogens is 1. The van der Waals surface area contributed by atoms with Crippen molar-refractivity contribution in [3.8, 4) is 0 Å². The van der Waals surface area contributed by atoms with Gasteiger partial charge in [-0.3, -0.25) is 9.59 Å². The lowest BCUT2D eigenvalue weighted by atomic mass is 10.1. The maximum atomic E-state index is 11.7. The van der Waals surface area contributed by atoms with Crippen molar-refractivity contribution in [2.45, 2.75) is 12.8 Å². The molecule has 1 heterocycles. The first-order chi connectivity index (χ1) is 11.7. The minimum absolute atomic E-state index is 0.398. The summed E-state index contributed by atoms with van der Waals surface area (Å²) in [6.07, 6.45) is 3.54. The monoisotopic (exact) mass is 327 g/mol. The van der Waals surface area contributed by atoms with Crippen molar-refractivity contribution in [2.75, 3.05) is 37.4 Å². The van der Waals surface area contributed by atoms with Crippen molar-refractivity contribution in [1.82, 2.24) is 4.98 Å². The summed E-state index contributed by atoms with van der Waals surface area (Å²) < 4.78 is 4.96. The number of methoxy groups -OCH3 is 1. The highest BCUT2D eigenvalue weighted by molar-refractivity contribution is 5.83. The molecule has 1 aromatic heterocycles. The summed E-state index contributed by atoms with van der Waals surface area (Å²) in [6, 6.07) is 8.10. The van der Waals surface area contributed by atoms with E-state index in [9.17, 15) is 9.59 Å². The zero-order chi connectivity index (χ0) is 16.9. The quantitative estimate of drug-likeness (QED) is 0.413. The molecule has 3 aromatic rings. The summed E-state index contributed by atoms with van der Waals surface area (Å²) in [5.41, 5.74) is 2.20. The van der Waals surface area contributed by atoms with Crippen LogP contribution in [0.1, 0.15) is 12.0 Å². The average Bonchev–Trinajstić information content (AvgIpc) is 3.02. The van der Waals surface area contributed by atoms with Gasteiger partial charge in [0.15, 0.2) is 0 Å². The van der Waals surface area contributed by atoms with Gasteiger partial charge in [0.2, 0.25) is 0 Å². The number of hydrogen-bond donors (Lipinski definition) is 3. The second kappa shape index (κ2) is 7.31. The van der Waals surface area contributed by atoms with E-state index >= 15 is 0 Å².